The third-order valence-electron chi connectivity index (χ3n) is 3.49. The molecule has 2 aromatic heterocycles. The van der Waals surface area contributed by atoms with Crippen LogP contribution in [0.2, 0.25) is 0 Å². The quantitative estimate of drug-likeness (QED) is 0.664. The maximum absolute atomic E-state index is 12.8. The molecule has 134 valence electrons. The number of halogens is 3. The van der Waals surface area contributed by atoms with Crippen molar-refractivity contribution in [2.24, 2.45) is 0 Å². The number of alkyl halides is 3. The second kappa shape index (κ2) is 6.95. The molecule has 3 aromatic rings. The minimum atomic E-state index is -4.44. The number of hydrogen-bond donors (Lipinski definition) is 0. The third kappa shape index (κ3) is 3.41. The van der Waals surface area contributed by atoms with Crippen molar-refractivity contribution < 1.29 is 22.7 Å². The third-order valence-corrected chi connectivity index (χ3v) is 3.49. The van der Waals surface area contributed by atoms with E-state index in [2.05, 4.69) is 15.3 Å². The highest BCUT2D eigenvalue weighted by atomic mass is 19.4. The van der Waals surface area contributed by atoms with Gasteiger partial charge in [0.05, 0.1) is 23.6 Å². The summed E-state index contributed by atoms with van der Waals surface area (Å²) in [5, 5.41) is 7.74. The van der Waals surface area contributed by atoms with E-state index in [0.29, 0.717) is 11.4 Å². The fourth-order valence-corrected chi connectivity index (χ4v) is 2.32. The summed E-state index contributed by atoms with van der Waals surface area (Å²) in [6, 6.07) is 9.41. The molecule has 1 aromatic carbocycles. The molecule has 0 aliphatic carbocycles. The van der Waals surface area contributed by atoms with Crippen LogP contribution in [0.1, 0.15) is 23.0 Å². The van der Waals surface area contributed by atoms with Crippen molar-refractivity contribution in [3.63, 3.8) is 0 Å². The fourth-order valence-electron chi connectivity index (χ4n) is 2.32. The maximum Gasteiger partial charge on any atom is 0.416 e. The Morgan fingerprint density at radius 2 is 1.88 bits per heavy atom. The summed E-state index contributed by atoms with van der Waals surface area (Å²) < 4.78 is 44.5. The van der Waals surface area contributed by atoms with Crippen molar-refractivity contribution in [1.29, 1.82) is 0 Å². The lowest BCUT2D eigenvalue weighted by molar-refractivity contribution is -0.137. The zero-order chi connectivity index (χ0) is 18.7. The summed E-state index contributed by atoms with van der Waals surface area (Å²) in [4.78, 5) is 16.3. The lowest BCUT2D eigenvalue weighted by Gasteiger charge is -2.10. The number of aromatic nitrogens is 4. The van der Waals surface area contributed by atoms with Crippen LogP contribution in [0.3, 0.4) is 0 Å². The van der Waals surface area contributed by atoms with Gasteiger partial charge in [-0.25, -0.2) is 9.48 Å². The van der Waals surface area contributed by atoms with Gasteiger partial charge in [-0.3, -0.25) is 4.98 Å². The van der Waals surface area contributed by atoms with Crippen molar-refractivity contribution in [2.75, 3.05) is 6.61 Å². The molecule has 0 fully saturated rings. The number of nitrogens with zero attached hydrogens (tertiary/aromatic N) is 4. The summed E-state index contributed by atoms with van der Waals surface area (Å²) >= 11 is 0. The Balaban J connectivity index is 2.12. The van der Waals surface area contributed by atoms with E-state index in [9.17, 15) is 18.0 Å². The molecule has 0 N–H and O–H groups in total. The first-order valence-corrected chi connectivity index (χ1v) is 7.63. The Morgan fingerprint density at radius 3 is 2.46 bits per heavy atom. The van der Waals surface area contributed by atoms with Gasteiger partial charge < -0.3 is 4.74 Å². The summed E-state index contributed by atoms with van der Waals surface area (Å²) in [5.41, 5.74) is 0.0859. The maximum atomic E-state index is 12.8. The standard InChI is InChI=1S/C17H13F3N4O2/c1-2-26-16(25)14-15(13-5-3-4-10-21-13)24(23-22-14)12-8-6-11(7-9-12)17(18,19)20/h3-10H,2H2,1H3. The average Bonchev–Trinajstić information content (AvgIpc) is 3.07. The average molecular weight is 362 g/mol. The van der Waals surface area contributed by atoms with Gasteiger partial charge in [-0.05, 0) is 43.3 Å². The normalized spacial score (nSPS) is 11.4. The largest absolute Gasteiger partial charge is 0.461 e. The van der Waals surface area contributed by atoms with Crippen LogP contribution in [0.15, 0.2) is 48.7 Å². The highest BCUT2D eigenvalue weighted by Crippen LogP contribution is 2.30. The number of benzene rings is 1. The van der Waals surface area contributed by atoms with Crippen molar-refractivity contribution in [3.05, 3.63) is 59.9 Å². The molecule has 2 heterocycles. The first-order chi connectivity index (χ1) is 12.4. The first-order valence-electron chi connectivity index (χ1n) is 7.63. The van der Waals surface area contributed by atoms with E-state index in [-0.39, 0.29) is 18.0 Å². The van der Waals surface area contributed by atoms with Crippen molar-refractivity contribution >= 4 is 5.97 Å². The molecular formula is C17H13F3N4O2. The molecule has 9 heteroatoms. The molecule has 0 aliphatic rings. The summed E-state index contributed by atoms with van der Waals surface area (Å²) in [5.74, 6) is -0.689. The molecule has 0 amide bonds. The predicted octanol–water partition coefficient (Wildman–Crippen LogP) is 3.52. The van der Waals surface area contributed by atoms with E-state index >= 15 is 0 Å². The van der Waals surface area contributed by atoms with E-state index in [1.807, 2.05) is 0 Å². The zero-order valence-electron chi connectivity index (χ0n) is 13.6. The lowest BCUT2D eigenvalue weighted by atomic mass is 10.1. The van der Waals surface area contributed by atoms with Gasteiger partial charge in [0.15, 0.2) is 0 Å². The zero-order valence-corrected chi connectivity index (χ0v) is 13.6. The molecular weight excluding hydrogens is 349 g/mol. The number of esters is 1. The van der Waals surface area contributed by atoms with Crippen LogP contribution in [0, 0.1) is 0 Å². The van der Waals surface area contributed by atoms with Gasteiger partial charge in [-0.15, -0.1) is 5.10 Å². The van der Waals surface area contributed by atoms with Crippen LogP contribution in [0.4, 0.5) is 13.2 Å². The number of hydrogen-bond acceptors (Lipinski definition) is 5. The molecule has 0 atom stereocenters. The molecule has 0 unspecified atom stereocenters. The molecule has 0 radical (unpaired) electrons. The van der Waals surface area contributed by atoms with Crippen LogP contribution in [-0.2, 0) is 10.9 Å². The van der Waals surface area contributed by atoms with Crippen molar-refractivity contribution in [1.82, 2.24) is 20.0 Å². The minimum absolute atomic E-state index is 0.0644. The number of ether oxygens (including phenoxy) is 1. The van der Waals surface area contributed by atoms with E-state index in [1.165, 1.54) is 23.0 Å². The molecule has 3 rings (SSSR count). The van der Waals surface area contributed by atoms with Crippen molar-refractivity contribution in [3.8, 4) is 17.1 Å². The van der Waals surface area contributed by atoms with Crippen LogP contribution in [0.5, 0.6) is 0 Å². The first kappa shape index (κ1) is 17.6. The van der Waals surface area contributed by atoms with Gasteiger partial charge >= 0.3 is 12.1 Å². The SMILES string of the molecule is CCOC(=O)c1nnn(-c2ccc(C(F)(F)F)cc2)c1-c1ccccn1. The predicted molar refractivity (Wildman–Crippen MR) is 85.5 cm³/mol. The van der Waals surface area contributed by atoms with E-state index in [4.69, 9.17) is 4.74 Å². The summed E-state index contributed by atoms with van der Waals surface area (Å²) in [6.07, 6.45) is -2.92. The molecule has 26 heavy (non-hydrogen) atoms. The highest BCUT2D eigenvalue weighted by molar-refractivity contribution is 5.93. The summed E-state index contributed by atoms with van der Waals surface area (Å²) in [7, 11) is 0. The Labute approximate surface area is 146 Å². The van der Waals surface area contributed by atoms with E-state index in [0.717, 1.165) is 12.1 Å². The lowest BCUT2D eigenvalue weighted by Crippen LogP contribution is -2.09. The molecule has 0 bridgehead atoms. The van der Waals surface area contributed by atoms with Crippen molar-refractivity contribution in [2.45, 2.75) is 13.1 Å². The Kier molecular flexibility index (Phi) is 4.70. The molecule has 0 saturated carbocycles. The number of pyridine rings is 1. The van der Waals surface area contributed by atoms with Crippen LogP contribution in [0.25, 0.3) is 17.1 Å². The van der Waals surface area contributed by atoms with Gasteiger partial charge in [0, 0.05) is 6.20 Å². The van der Waals surface area contributed by atoms with Gasteiger partial charge in [-0.2, -0.15) is 13.2 Å². The number of carbonyl (C=O) groups is 1. The number of carbonyl (C=O) groups excluding carboxylic acids is 1. The Morgan fingerprint density at radius 1 is 1.15 bits per heavy atom. The Bertz CT molecular complexity index is 906. The highest BCUT2D eigenvalue weighted by Gasteiger charge is 2.30. The second-order valence-corrected chi connectivity index (χ2v) is 5.18. The van der Waals surface area contributed by atoms with Gasteiger partial charge in [0.25, 0.3) is 0 Å². The number of rotatable bonds is 4. The van der Waals surface area contributed by atoms with Gasteiger partial charge in [0.1, 0.15) is 5.69 Å². The van der Waals surface area contributed by atoms with E-state index in [1.54, 1.807) is 25.1 Å². The molecule has 0 aliphatic heterocycles. The summed E-state index contributed by atoms with van der Waals surface area (Å²) in [6.45, 7) is 1.80. The van der Waals surface area contributed by atoms with Gasteiger partial charge in [-0.1, -0.05) is 11.3 Å². The van der Waals surface area contributed by atoms with Crippen LogP contribution in [-0.4, -0.2) is 32.6 Å². The van der Waals surface area contributed by atoms with Crippen LogP contribution >= 0.6 is 0 Å². The molecule has 6 nitrogen and oxygen atoms in total. The second-order valence-electron chi connectivity index (χ2n) is 5.18. The van der Waals surface area contributed by atoms with Gasteiger partial charge in [0.2, 0.25) is 5.69 Å². The van der Waals surface area contributed by atoms with Crippen LogP contribution < -0.4 is 0 Å². The van der Waals surface area contributed by atoms with E-state index < -0.39 is 17.7 Å². The minimum Gasteiger partial charge on any atom is -0.461 e. The monoisotopic (exact) mass is 362 g/mol. The fraction of sp³-hybridized carbons (Fsp3) is 0.176. The molecule has 0 spiro atoms. The smallest absolute Gasteiger partial charge is 0.416 e. The topological polar surface area (TPSA) is 69.9 Å². The Hall–Kier alpha value is -3.23. The molecule has 0 saturated heterocycles.